The van der Waals surface area contributed by atoms with Crippen molar-refractivity contribution in [3.8, 4) is 39.5 Å². The lowest BCUT2D eigenvalue weighted by molar-refractivity contribution is 1.10. The molecule has 46 heavy (non-hydrogen) atoms. The largest absolute Gasteiger partial charge is 0.292 e. The lowest BCUT2D eigenvalue weighted by Gasteiger charge is -2.16. The highest BCUT2D eigenvalue weighted by Gasteiger charge is 2.18. The van der Waals surface area contributed by atoms with E-state index in [0.717, 1.165) is 65.7 Å². The van der Waals surface area contributed by atoms with Gasteiger partial charge in [-0.2, -0.15) is 0 Å². The number of rotatable bonds is 4. The number of pyridine rings is 1. The summed E-state index contributed by atoms with van der Waals surface area (Å²) in [7, 11) is 0. The number of para-hydroxylation sites is 4. The number of benzene rings is 7. The molecule has 216 valence electrons. The van der Waals surface area contributed by atoms with Gasteiger partial charge < -0.3 is 0 Å². The highest BCUT2D eigenvalue weighted by atomic mass is 79.9. The van der Waals surface area contributed by atoms with Gasteiger partial charge in [-0.3, -0.25) is 4.57 Å². The molecule has 0 aliphatic heterocycles. The van der Waals surface area contributed by atoms with E-state index in [0.29, 0.717) is 0 Å². The molecule has 0 radical (unpaired) electrons. The van der Waals surface area contributed by atoms with Crippen molar-refractivity contribution in [1.82, 2.24) is 14.5 Å². The fraction of sp³-hybridized carbons (Fsp3) is 0. The van der Waals surface area contributed by atoms with Crippen LogP contribution in [-0.4, -0.2) is 14.5 Å². The smallest absolute Gasteiger partial charge is 0.145 e. The number of halogens is 1. The van der Waals surface area contributed by atoms with Crippen molar-refractivity contribution in [2.45, 2.75) is 0 Å². The van der Waals surface area contributed by atoms with Gasteiger partial charge in [-0.15, -0.1) is 0 Å². The third-order valence-corrected chi connectivity index (χ3v) is 9.38. The quantitative estimate of drug-likeness (QED) is 0.177. The van der Waals surface area contributed by atoms with Crippen LogP contribution in [0.3, 0.4) is 0 Å². The Bertz CT molecular complexity index is 2570. The van der Waals surface area contributed by atoms with Crippen molar-refractivity contribution < 1.29 is 0 Å². The standard InChI is InChI=1S/C42H26BrN3/c43-30-24-22-28(23-25-30)41-36-26-35(32-12-4-5-13-33(32)40(36)34-14-6-7-15-37(34)44-41)27-18-20-29(21-19-27)42-45-38-16-8-9-17-39(38)46(42)31-10-2-1-3-11-31/h1-26H. The number of hydrogen-bond donors (Lipinski definition) is 0. The summed E-state index contributed by atoms with van der Waals surface area (Å²) in [5.74, 6) is 0.926. The van der Waals surface area contributed by atoms with Gasteiger partial charge in [0.1, 0.15) is 5.82 Å². The van der Waals surface area contributed by atoms with Gasteiger partial charge in [0.25, 0.3) is 0 Å². The summed E-state index contributed by atoms with van der Waals surface area (Å²) in [6, 6.07) is 55.6. The van der Waals surface area contributed by atoms with Crippen molar-refractivity contribution in [2.24, 2.45) is 0 Å². The average Bonchev–Trinajstić information content (AvgIpc) is 3.51. The first kappa shape index (κ1) is 26.8. The molecule has 3 nitrogen and oxygen atoms in total. The molecule has 0 aliphatic carbocycles. The predicted molar refractivity (Wildman–Crippen MR) is 195 cm³/mol. The lowest BCUT2D eigenvalue weighted by Crippen LogP contribution is -1.97. The highest BCUT2D eigenvalue weighted by molar-refractivity contribution is 9.10. The SMILES string of the molecule is Brc1ccc(-c2nc3ccccc3c3c2cc(-c2ccc(-c4nc5ccccc5n4-c4ccccc4)cc2)c2ccccc23)cc1. The molecule has 0 N–H and O–H groups in total. The lowest BCUT2D eigenvalue weighted by atomic mass is 9.89. The van der Waals surface area contributed by atoms with Crippen LogP contribution in [0, 0.1) is 0 Å². The van der Waals surface area contributed by atoms with Gasteiger partial charge in [-0.1, -0.05) is 125 Å². The molecule has 0 unspecified atom stereocenters. The van der Waals surface area contributed by atoms with E-state index in [1.54, 1.807) is 0 Å². The maximum atomic E-state index is 5.23. The zero-order valence-electron chi connectivity index (χ0n) is 24.7. The van der Waals surface area contributed by atoms with Gasteiger partial charge in [0.15, 0.2) is 0 Å². The Labute approximate surface area is 274 Å². The van der Waals surface area contributed by atoms with E-state index >= 15 is 0 Å². The van der Waals surface area contributed by atoms with Gasteiger partial charge in [-0.25, -0.2) is 9.97 Å². The molecule has 9 rings (SSSR count). The summed E-state index contributed by atoms with van der Waals surface area (Å²) >= 11 is 3.61. The molecule has 7 aromatic carbocycles. The van der Waals surface area contributed by atoms with Crippen molar-refractivity contribution in [3.05, 3.63) is 162 Å². The van der Waals surface area contributed by atoms with Crippen molar-refractivity contribution in [1.29, 1.82) is 0 Å². The number of aromatic nitrogens is 3. The van der Waals surface area contributed by atoms with E-state index < -0.39 is 0 Å². The fourth-order valence-corrected chi connectivity index (χ4v) is 7.00. The summed E-state index contributed by atoms with van der Waals surface area (Å²) in [6.45, 7) is 0. The predicted octanol–water partition coefficient (Wildman–Crippen LogP) is 11.6. The third kappa shape index (κ3) is 4.33. The Balaban J connectivity index is 1.27. The third-order valence-electron chi connectivity index (χ3n) is 8.85. The second kappa shape index (κ2) is 10.8. The normalized spacial score (nSPS) is 11.6. The number of fused-ring (bicyclic) bond motifs is 6. The van der Waals surface area contributed by atoms with E-state index in [-0.39, 0.29) is 0 Å². The molecular weight excluding hydrogens is 626 g/mol. The number of imidazole rings is 1. The monoisotopic (exact) mass is 651 g/mol. The Morgan fingerprint density at radius 2 is 1.07 bits per heavy atom. The first-order valence-corrected chi connectivity index (χ1v) is 16.2. The van der Waals surface area contributed by atoms with Crippen LogP contribution in [0.15, 0.2) is 162 Å². The first-order chi connectivity index (χ1) is 22.7. The molecule has 2 aromatic heterocycles. The molecule has 0 aliphatic rings. The fourth-order valence-electron chi connectivity index (χ4n) is 6.74. The highest BCUT2D eigenvalue weighted by Crippen LogP contribution is 2.42. The van der Waals surface area contributed by atoms with Gasteiger partial charge in [0, 0.05) is 37.4 Å². The minimum absolute atomic E-state index is 0.926. The summed E-state index contributed by atoms with van der Waals surface area (Å²) in [5.41, 5.74) is 9.64. The van der Waals surface area contributed by atoms with E-state index in [2.05, 4.69) is 166 Å². The minimum Gasteiger partial charge on any atom is -0.292 e. The Morgan fingerprint density at radius 1 is 0.457 bits per heavy atom. The van der Waals surface area contributed by atoms with Gasteiger partial charge in [0.2, 0.25) is 0 Å². The summed E-state index contributed by atoms with van der Waals surface area (Å²) < 4.78 is 3.30. The molecule has 0 saturated carbocycles. The molecule has 9 aromatic rings. The molecule has 4 heteroatoms. The van der Waals surface area contributed by atoms with E-state index in [9.17, 15) is 0 Å². The van der Waals surface area contributed by atoms with Crippen molar-refractivity contribution in [2.75, 3.05) is 0 Å². The van der Waals surface area contributed by atoms with Crippen LogP contribution in [0.25, 0.3) is 82.9 Å². The first-order valence-electron chi connectivity index (χ1n) is 15.4. The van der Waals surface area contributed by atoms with Crippen LogP contribution in [-0.2, 0) is 0 Å². The van der Waals surface area contributed by atoms with Crippen LogP contribution in [0.2, 0.25) is 0 Å². The number of hydrogen-bond acceptors (Lipinski definition) is 2. The van der Waals surface area contributed by atoms with Gasteiger partial charge >= 0.3 is 0 Å². The van der Waals surface area contributed by atoms with Crippen LogP contribution >= 0.6 is 15.9 Å². The summed E-state index contributed by atoms with van der Waals surface area (Å²) in [6.07, 6.45) is 0. The van der Waals surface area contributed by atoms with Crippen LogP contribution < -0.4 is 0 Å². The van der Waals surface area contributed by atoms with E-state index in [4.69, 9.17) is 9.97 Å². The average molecular weight is 653 g/mol. The molecule has 0 saturated heterocycles. The Morgan fingerprint density at radius 3 is 1.85 bits per heavy atom. The van der Waals surface area contributed by atoms with E-state index in [1.807, 2.05) is 12.1 Å². The Kier molecular flexibility index (Phi) is 6.29. The molecular formula is C42H26BrN3. The molecule has 0 atom stereocenters. The Hall–Kier alpha value is -5.58. The topological polar surface area (TPSA) is 30.7 Å². The second-order valence-corrected chi connectivity index (χ2v) is 12.5. The van der Waals surface area contributed by atoms with Crippen LogP contribution in [0.4, 0.5) is 0 Å². The van der Waals surface area contributed by atoms with Crippen molar-refractivity contribution >= 4 is 59.4 Å². The molecule has 0 amide bonds. The molecule has 0 fully saturated rings. The zero-order chi connectivity index (χ0) is 30.6. The van der Waals surface area contributed by atoms with Crippen LogP contribution in [0.1, 0.15) is 0 Å². The van der Waals surface area contributed by atoms with Gasteiger partial charge in [-0.05, 0) is 70.4 Å². The maximum absolute atomic E-state index is 5.23. The zero-order valence-corrected chi connectivity index (χ0v) is 26.3. The summed E-state index contributed by atoms with van der Waals surface area (Å²) in [5, 5.41) is 5.98. The molecule has 0 bridgehead atoms. The molecule has 2 heterocycles. The van der Waals surface area contributed by atoms with Crippen molar-refractivity contribution in [3.63, 3.8) is 0 Å². The minimum atomic E-state index is 0.926. The second-order valence-electron chi connectivity index (χ2n) is 11.5. The maximum Gasteiger partial charge on any atom is 0.145 e. The number of nitrogens with zero attached hydrogens (tertiary/aromatic N) is 3. The van der Waals surface area contributed by atoms with Crippen LogP contribution in [0.5, 0.6) is 0 Å². The summed E-state index contributed by atoms with van der Waals surface area (Å²) in [4.78, 5) is 10.3. The van der Waals surface area contributed by atoms with E-state index in [1.165, 1.54) is 21.7 Å². The van der Waals surface area contributed by atoms with Gasteiger partial charge in [0.05, 0.1) is 22.2 Å². The molecule has 0 spiro atoms.